The zero-order valence-electron chi connectivity index (χ0n) is 12.8. The van der Waals surface area contributed by atoms with Gasteiger partial charge in [0.15, 0.2) is 5.90 Å². The van der Waals surface area contributed by atoms with Crippen molar-refractivity contribution in [3.63, 3.8) is 0 Å². The van der Waals surface area contributed by atoms with Gasteiger partial charge in [0.25, 0.3) is 0 Å². The van der Waals surface area contributed by atoms with E-state index in [1.165, 1.54) is 38.5 Å². The third-order valence-corrected chi connectivity index (χ3v) is 3.23. The highest BCUT2D eigenvalue weighted by molar-refractivity contribution is 5.86. The van der Waals surface area contributed by atoms with Crippen molar-refractivity contribution >= 4 is 11.9 Å². The number of carbonyl (C=O) groups is 1. The van der Waals surface area contributed by atoms with Crippen LogP contribution in [0.5, 0.6) is 0 Å². The van der Waals surface area contributed by atoms with E-state index in [0.29, 0.717) is 12.8 Å². The predicted molar refractivity (Wildman–Crippen MR) is 80.6 cm³/mol. The third-order valence-electron chi connectivity index (χ3n) is 3.23. The van der Waals surface area contributed by atoms with Crippen LogP contribution in [0, 0.1) is 5.41 Å². The molecule has 0 spiro atoms. The highest BCUT2D eigenvalue weighted by Crippen LogP contribution is 2.10. The second-order valence-electron chi connectivity index (χ2n) is 5.23. The summed E-state index contributed by atoms with van der Waals surface area (Å²) in [6.07, 6.45) is 12.8. The van der Waals surface area contributed by atoms with Crippen molar-refractivity contribution in [3.8, 4) is 0 Å². The van der Waals surface area contributed by atoms with Crippen molar-refractivity contribution < 1.29 is 9.53 Å². The van der Waals surface area contributed by atoms with Crippen molar-refractivity contribution in [3.05, 3.63) is 0 Å². The molecule has 0 amide bonds. The van der Waals surface area contributed by atoms with Crippen molar-refractivity contribution in [2.45, 2.75) is 90.9 Å². The number of carbonyl (C=O) groups excluding carboxylic acids is 1. The largest absolute Gasteiger partial charge is 0.412 e. The van der Waals surface area contributed by atoms with E-state index in [2.05, 4.69) is 13.8 Å². The summed E-state index contributed by atoms with van der Waals surface area (Å²) in [5, 5.41) is 7.49. The maximum Gasteiger partial charge on any atom is 0.312 e. The molecule has 0 aliphatic heterocycles. The number of ether oxygens (including phenoxy) is 1. The smallest absolute Gasteiger partial charge is 0.312 e. The Bertz CT molecular complexity index is 239. The number of hydrogen-bond acceptors (Lipinski definition) is 3. The molecular weight excluding hydrogens is 238 g/mol. The Morgan fingerprint density at radius 3 is 1.89 bits per heavy atom. The molecule has 19 heavy (non-hydrogen) atoms. The molecule has 3 nitrogen and oxygen atoms in total. The molecule has 112 valence electrons. The molecule has 0 aromatic carbocycles. The minimum atomic E-state index is -0.230. The highest BCUT2D eigenvalue weighted by atomic mass is 16.5. The van der Waals surface area contributed by atoms with Crippen molar-refractivity contribution in [1.29, 1.82) is 5.41 Å². The number of esters is 1. The normalized spacial score (nSPS) is 10.4. The molecule has 0 unspecified atom stereocenters. The first-order valence-corrected chi connectivity index (χ1v) is 7.98. The maximum absolute atomic E-state index is 11.4. The summed E-state index contributed by atoms with van der Waals surface area (Å²) in [4.78, 5) is 11.4. The fourth-order valence-corrected chi connectivity index (χ4v) is 1.98. The van der Waals surface area contributed by atoms with Crippen LogP contribution in [0.25, 0.3) is 0 Å². The van der Waals surface area contributed by atoms with Gasteiger partial charge in [0, 0.05) is 12.8 Å². The summed E-state index contributed by atoms with van der Waals surface area (Å²) >= 11 is 0. The van der Waals surface area contributed by atoms with Crippen LogP contribution in [0.1, 0.15) is 90.9 Å². The van der Waals surface area contributed by atoms with Crippen LogP contribution in [0.15, 0.2) is 0 Å². The van der Waals surface area contributed by atoms with Crippen molar-refractivity contribution in [2.75, 3.05) is 0 Å². The number of unbranched alkanes of at least 4 members (excludes halogenated alkanes) is 8. The molecule has 0 heterocycles. The summed E-state index contributed by atoms with van der Waals surface area (Å²) in [5.74, 6) is -0.0986. The molecule has 0 aliphatic rings. The molecule has 0 saturated heterocycles. The minimum Gasteiger partial charge on any atom is -0.412 e. The first kappa shape index (κ1) is 18.1. The second-order valence-corrected chi connectivity index (χ2v) is 5.23. The average molecular weight is 269 g/mol. The summed E-state index contributed by atoms with van der Waals surface area (Å²) in [7, 11) is 0. The van der Waals surface area contributed by atoms with Gasteiger partial charge in [-0.3, -0.25) is 10.2 Å². The van der Waals surface area contributed by atoms with E-state index >= 15 is 0 Å². The van der Waals surface area contributed by atoms with Crippen LogP contribution in [0.4, 0.5) is 0 Å². The second kappa shape index (κ2) is 13.6. The first-order valence-electron chi connectivity index (χ1n) is 7.98. The molecule has 0 aromatic heterocycles. The van der Waals surface area contributed by atoms with Gasteiger partial charge in [0.1, 0.15) is 0 Å². The summed E-state index contributed by atoms with van der Waals surface area (Å²) in [6.45, 7) is 4.29. The Hall–Kier alpha value is -0.860. The molecule has 3 heteroatoms. The molecule has 0 bridgehead atoms. The van der Waals surface area contributed by atoms with E-state index in [0.717, 1.165) is 25.7 Å². The SMILES string of the molecule is CCCCCCCCCCC(=O)OC(=N)CCCC. The lowest BCUT2D eigenvalue weighted by Gasteiger charge is -2.05. The molecule has 0 aliphatic carbocycles. The lowest BCUT2D eigenvalue weighted by molar-refractivity contribution is -0.135. The van der Waals surface area contributed by atoms with Gasteiger partial charge in [0.2, 0.25) is 0 Å². The van der Waals surface area contributed by atoms with E-state index in [4.69, 9.17) is 10.1 Å². The van der Waals surface area contributed by atoms with E-state index in [1.807, 2.05) is 0 Å². The van der Waals surface area contributed by atoms with Crippen LogP contribution in [0.2, 0.25) is 0 Å². The topological polar surface area (TPSA) is 50.2 Å². The molecule has 1 N–H and O–H groups in total. The lowest BCUT2D eigenvalue weighted by Crippen LogP contribution is -2.11. The Labute approximate surface area is 118 Å². The van der Waals surface area contributed by atoms with Gasteiger partial charge in [-0.15, -0.1) is 0 Å². The average Bonchev–Trinajstić information content (AvgIpc) is 2.39. The van der Waals surface area contributed by atoms with E-state index in [-0.39, 0.29) is 11.9 Å². The standard InChI is InChI=1S/C16H31NO2/c1-3-5-7-8-9-10-11-12-14-16(18)19-15(17)13-6-4-2/h17H,3-14H2,1-2H3. The van der Waals surface area contributed by atoms with Gasteiger partial charge < -0.3 is 4.74 Å². The number of rotatable bonds is 12. The van der Waals surface area contributed by atoms with Crippen LogP contribution < -0.4 is 0 Å². The van der Waals surface area contributed by atoms with Gasteiger partial charge in [-0.2, -0.15) is 0 Å². The van der Waals surface area contributed by atoms with Gasteiger partial charge in [-0.1, -0.05) is 65.2 Å². The van der Waals surface area contributed by atoms with Gasteiger partial charge in [-0.25, -0.2) is 0 Å². The van der Waals surface area contributed by atoms with Crippen LogP contribution in [-0.2, 0) is 9.53 Å². The van der Waals surface area contributed by atoms with E-state index < -0.39 is 0 Å². The van der Waals surface area contributed by atoms with E-state index in [9.17, 15) is 4.79 Å². The summed E-state index contributed by atoms with van der Waals surface area (Å²) in [6, 6.07) is 0. The molecule has 0 aromatic rings. The fraction of sp³-hybridized carbons (Fsp3) is 0.875. The number of hydrogen-bond donors (Lipinski definition) is 1. The van der Waals surface area contributed by atoms with E-state index in [1.54, 1.807) is 0 Å². The lowest BCUT2D eigenvalue weighted by atomic mass is 10.1. The van der Waals surface area contributed by atoms with Crippen molar-refractivity contribution in [2.24, 2.45) is 0 Å². The van der Waals surface area contributed by atoms with Gasteiger partial charge in [-0.05, 0) is 12.8 Å². The Morgan fingerprint density at radius 2 is 1.32 bits per heavy atom. The van der Waals surface area contributed by atoms with Crippen molar-refractivity contribution in [1.82, 2.24) is 0 Å². The maximum atomic E-state index is 11.4. The Kier molecular flexibility index (Phi) is 13.0. The van der Waals surface area contributed by atoms with Crippen LogP contribution >= 0.6 is 0 Å². The molecule has 0 radical (unpaired) electrons. The van der Waals surface area contributed by atoms with Gasteiger partial charge >= 0.3 is 5.97 Å². The molecule has 0 fully saturated rings. The van der Waals surface area contributed by atoms with Crippen LogP contribution in [-0.4, -0.2) is 11.9 Å². The monoisotopic (exact) mass is 269 g/mol. The number of nitrogens with one attached hydrogen (secondary N) is 1. The fourth-order valence-electron chi connectivity index (χ4n) is 1.98. The van der Waals surface area contributed by atoms with Gasteiger partial charge in [0.05, 0.1) is 0 Å². The minimum absolute atomic E-state index is 0.131. The molecule has 0 rings (SSSR count). The zero-order chi connectivity index (χ0) is 14.3. The molecule has 0 atom stereocenters. The first-order chi connectivity index (χ1) is 9.20. The summed E-state index contributed by atoms with van der Waals surface area (Å²) in [5.41, 5.74) is 0. The summed E-state index contributed by atoms with van der Waals surface area (Å²) < 4.78 is 4.96. The zero-order valence-corrected chi connectivity index (χ0v) is 12.8. The van der Waals surface area contributed by atoms with Crippen LogP contribution in [0.3, 0.4) is 0 Å². The predicted octanol–water partition coefficient (Wildman–Crippen LogP) is 5.23. The molecule has 0 saturated carbocycles. The third kappa shape index (κ3) is 13.4. The quantitative estimate of drug-likeness (QED) is 0.228. The highest BCUT2D eigenvalue weighted by Gasteiger charge is 2.06. The Balaban J connectivity index is 3.31. The molecular formula is C16H31NO2. The Morgan fingerprint density at radius 1 is 0.789 bits per heavy atom.